The Hall–Kier alpha value is -1.60. The third-order valence-corrected chi connectivity index (χ3v) is 2.86. The molecular weight excluding hydrogens is 276 g/mol. The van der Waals surface area contributed by atoms with Crippen LogP contribution in [-0.4, -0.2) is 39.7 Å². The van der Waals surface area contributed by atoms with E-state index in [0.717, 1.165) is 0 Å². The number of alkyl carbamates (subject to hydrolysis) is 1. The minimum atomic E-state index is -1.10. The van der Waals surface area contributed by atoms with Crippen molar-refractivity contribution in [3.05, 3.63) is 17.0 Å². The molecule has 120 valence electrons. The summed E-state index contributed by atoms with van der Waals surface area (Å²) in [6.45, 7) is 8.86. The number of carbonyl (C=O) groups is 1. The van der Waals surface area contributed by atoms with Gasteiger partial charge in [-0.3, -0.25) is 0 Å². The van der Waals surface area contributed by atoms with Crippen LogP contribution in [0, 0.1) is 13.8 Å². The van der Waals surface area contributed by atoms with Gasteiger partial charge in [0, 0.05) is 12.1 Å². The SMILES string of the molecule is Cc1noc(C)c1C(O)C(O)CCNC(=O)OC(C)(C)C. The molecule has 0 radical (unpaired) electrons. The first kappa shape index (κ1) is 17.5. The molecule has 0 saturated carbocycles. The fourth-order valence-electron chi connectivity index (χ4n) is 1.90. The van der Waals surface area contributed by atoms with Crippen molar-refractivity contribution in [1.82, 2.24) is 10.5 Å². The Morgan fingerprint density at radius 2 is 2.00 bits per heavy atom. The number of aliphatic hydroxyl groups is 2. The lowest BCUT2D eigenvalue weighted by Gasteiger charge is -2.21. The van der Waals surface area contributed by atoms with Gasteiger partial charge in [-0.25, -0.2) is 4.79 Å². The largest absolute Gasteiger partial charge is 0.444 e. The molecule has 0 bridgehead atoms. The van der Waals surface area contributed by atoms with Crippen LogP contribution in [0.15, 0.2) is 4.52 Å². The predicted molar refractivity (Wildman–Crippen MR) is 75.8 cm³/mol. The highest BCUT2D eigenvalue weighted by Gasteiger charge is 2.25. The lowest BCUT2D eigenvalue weighted by molar-refractivity contribution is 0.0112. The van der Waals surface area contributed by atoms with E-state index >= 15 is 0 Å². The fraction of sp³-hybridized carbons (Fsp3) is 0.714. The van der Waals surface area contributed by atoms with E-state index in [-0.39, 0.29) is 13.0 Å². The van der Waals surface area contributed by atoms with Crippen LogP contribution in [0.25, 0.3) is 0 Å². The van der Waals surface area contributed by atoms with E-state index in [1.54, 1.807) is 34.6 Å². The molecule has 0 aromatic carbocycles. The zero-order valence-corrected chi connectivity index (χ0v) is 13.1. The number of hydrogen-bond donors (Lipinski definition) is 3. The van der Waals surface area contributed by atoms with Gasteiger partial charge in [0.1, 0.15) is 17.5 Å². The summed E-state index contributed by atoms with van der Waals surface area (Å²) < 4.78 is 10.0. The van der Waals surface area contributed by atoms with Crippen molar-refractivity contribution >= 4 is 6.09 Å². The first-order chi connectivity index (χ1) is 9.61. The van der Waals surface area contributed by atoms with Gasteiger partial charge in [0.25, 0.3) is 0 Å². The van der Waals surface area contributed by atoms with Crippen molar-refractivity contribution in [2.24, 2.45) is 0 Å². The molecule has 0 aliphatic rings. The maximum Gasteiger partial charge on any atom is 0.407 e. The molecule has 7 heteroatoms. The van der Waals surface area contributed by atoms with E-state index in [1.807, 2.05) is 0 Å². The van der Waals surface area contributed by atoms with Crippen LogP contribution in [0.5, 0.6) is 0 Å². The Morgan fingerprint density at radius 1 is 1.38 bits per heavy atom. The number of aromatic nitrogens is 1. The summed E-state index contributed by atoms with van der Waals surface area (Å²) in [6, 6.07) is 0. The first-order valence-electron chi connectivity index (χ1n) is 6.87. The summed E-state index contributed by atoms with van der Waals surface area (Å²) in [7, 11) is 0. The smallest absolute Gasteiger partial charge is 0.407 e. The topological polar surface area (TPSA) is 105 Å². The second kappa shape index (κ2) is 6.91. The average molecular weight is 300 g/mol. The van der Waals surface area contributed by atoms with Gasteiger partial charge in [0.05, 0.1) is 11.8 Å². The van der Waals surface area contributed by atoms with Crippen molar-refractivity contribution in [3.8, 4) is 0 Å². The van der Waals surface area contributed by atoms with Gasteiger partial charge in [-0.15, -0.1) is 0 Å². The van der Waals surface area contributed by atoms with Crippen molar-refractivity contribution < 1.29 is 24.3 Å². The third-order valence-electron chi connectivity index (χ3n) is 2.86. The Balaban J connectivity index is 2.44. The molecule has 7 nitrogen and oxygen atoms in total. The Labute approximate surface area is 124 Å². The molecule has 0 spiro atoms. The Kier molecular flexibility index (Phi) is 5.74. The molecule has 2 atom stereocenters. The van der Waals surface area contributed by atoms with Gasteiger partial charge in [-0.2, -0.15) is 0 Å². The van der Waals surface area contributed by atoms with Crippen LogP contribution in [0.2, 0.25) is 0 Å². The van der Waals surface area contributed by atoms with Gasteiger partial charge >= 0.3 is 6.09 Å². The second-order valence-corrected chi connectivity index (χ2v) is 5.97. The third kappa shape index (κ3) is 5.35. The monoisotopic (exact) mass is 300 g/mol. The van der Waals surface area contributed by atoms with Crippen molar-refractivity contribution in [1.29, 1.82) is 0 Å². The van der Waals surface area contributed by atoms with Crippen LogP contribution >= 0.6 is 0 Å². The highest BCUT2D eigenvalue weighted by atomic mass is 16.6. The van der Waals surface area contributed by atoms with Gasteiger partial charge < -0.3 is 24.8 Å². The minimum absolute atomic E-state index is 0.185. The summed E-state index contributed by atoms with van der Waals surface area (Å²) >= 11 is 0. The molecule has 1 aromatic rings. The van der Waals surface area contributed by atoms with E-state index in [4.69, 9.17) is 9.26 Å². The number of rotatable bonds is 5. The molecule has 0 fully saturated rings. The number of ether oxygens (including phenoxy) is 1. The van der Waals surface area contributed by atoms with E-state index in [9.17, 15) is 15.0 Å². The van der Waals surface area contributed by atoms with Gasteiger partial charge in [-0.05, 0) is 41.0 Å². The van der Waals surface area contributed by atoms with Crippen molar-refractivity contribution in [2.45, 2.75) is 58.8 Å². The molecule has 1 aromatic heterocycles. The van der Waals surface area contributed by atoms with E-state index in [2.05, 4.69) is 10.5 Å². The molecule has 2 unspecified atom stereocenters. The fourth-order valence-corrected chi connectivity index (χ4v) is 1.90. The van der Waals surface area contributed by atoms with E-state index < -0.39 is 23.9 Å². The standard InChI is InChI=1S/C14H24N2O5/c1-8-11(9(2)21-16-8)12(18)10(17)6-7-15-13(19)20-14(3,4)5/h10,12,17-18H,6-7H2,1-5H3,(H,15,19). The second-order valence-electron chi connectivity index (χ2n) is 5.97. The molecule has 3 N–H and O–H groups in total. The lowest BCUT2D eigenvalue weighted by Crippen LogP contribution is -2.34. The van der Waals surface area contributed by atoms with Crippen molar-refractivity contribution in [2.75, 3.05) is 6.54 Å². The van der Waals surface area contributed by atoms with Crippen LogP contribution in [0.1, 0.15) is 50.3 Å². The molecule has 21 heavy (non-hydrogen) atoms. The number of aliphatic hydroxyl groups excluding tert-OH is 2. The van der Waals surface area contributed by atoms with Crippen LogP contribution < -0.4 is 5.32 Å². The number of aryl methyl sites for hydroxylation is 2. The van der Waals surface area contributed by atoms with Crippen LogP contribution in [0.4, 0.5) is 4.79 Å². The summed E-state index contributed by atoms with van der Waals surface area (Å²) in [4.78, 5) is 11.4. The number of nitrogens with zero attached hydrogens (tertiary/aromatic N) is 1. The average Bonchev–Trinajstić information content (AvgIpc) is 2.65. The molecule has 1 heterocycles. The highest BCUT2D eigenvalue weighted by Crippen LogP contribution is 2.25. The lowest BCUT2D eigenvalue weighted by atomic mass is 10.0. The Morgan fingerprint density at radius 3 is 2.48 bits per heavy atom. The summed E-state index contributed by atoms with van der Waals surface area (Å²) in [5, 5.41) is 26.3. The predicted octanol–water partition coefficient (Wildman–Crippen LogP) is 1.60. The number of nitrogens with one attached hydrogen (secondary N) is 1. The maximum atomic E-state index is 11.4. The minimum Gasteiger partial charge on any atom is -0.444 e. The summed E-state index contributed by atoms with van der Waals surface area (Å²) in [5.41, 5.74) is 0.456. The highest BCUT2D eigenvalue weighted by molar-refractivity contribution is 5.67. The normalized spacial score (nSPS) is 14.6. The maximum absolute atomic E-state index is 11.4. The van der Waals surface area contributed by atoms with Gasteiger partial charge in [-0.1, -0.05) is 5.16 Å². The quantitative estimate of drug-likeness (QED) is 0.763. The van der Waals surface area contributed by atoms with Crippen LogP contribution in [-0.2, 0) is 4.74 Å². The number of carbonyl (C=O) groups excluding carboxylic acids is 1. The molecule has 1 rings (SSSR count). The van der Waals surface area contributed by atoms with Gasteiger partial charge in [0.2, 0.25) is 0 Å². The number of hydrogen-bond acceptors (Lipinski definition) is 6. The molecule has 0 aliphatic carbocycles. The molecule has 1 amide bonds. The summed E-state index contributed by atoms with van der Waals surface area (Å²) in [5.74, 6) is 0.471. The molecular formula is C14H24N2O5. The van der Waals surface area contributed by atoms with Crippen molar-refractivity contribution in [3.63, 3.8) is 0 Å². The van der Waals surface area contributed by atoms with E-state index in [0.29, 0.717) is 17.0 Å². The zero-order valence-electron chi connectivity index (χ0n) is 13.1. The molecule has 0 saturated heterocycles. The Bertz CT molecular complexity index is 459. The van der Waals surface area contributed by atoms with Gasteiger partial charge in [0.15, 0.2) is 0 Å². The first-order valence-corrected chi connectivity index (χ1v) is 6.87. The zero-order chi connectivity index (χ0) is 16.2. The summed E-state index contributed by atoms with van der Waals surface area (Å²) in [6.07, 6.45) is -2.50. The van der Waals surface area contributed by atoms with Crippen LogP contribution in [0.3, 0.4) is 0 Å². The van der Waals surface area contributed by atoms with E-state index in [1.165, 1.54) is 0 Å². The number of amides is 1. The molecule has 0 aliphatic heterocycles.